The van der Waals surface area contributed by atoms with E-state index in [4.69, 9.17) is 4.98 Å². The van der Waals surface area contributed by atoms with Crippen LogP contribution in [-0.2, 0) is 5.75 Å². The van der Waals surface area contributed by atoms with Gasteiger partial charge in [-0.25, -0.2) is 4.98 Å². The van der Waals surface area contributed by atoms with Crippen LogP contribution in [0.25, 0.3) is 20.7 Å². The SMILES string of the molecule is Cc1ccc(-c2csc3nc(CSc4nnc(C)n4C4CCCCC4)[nH]c(=O)c23)s1. The number of aromatic nitrogens is 5. The first-order valence-corrected chi connectivity index (χ1v) is 12.9. The quantitative estimate of drug-likeness (QED) is 0.388. The van der Waals surface area contributed by atoms with Crippen LogP contribution < -0.4 is 5.56 Å². The Kier molecular flexibility index (Phi) is 5.51. The molecule has 1 fully saturated rings. The number of thioether (sulfide) groups is 1. The Bertz CT molecular complexity index is 1250. The number of nitrogens with one attached hydrogen (secondary N) is 1. The Morgan fingerprint density at radius 1 is 1.20 bits per heavy atom. The molecule has 6 nitrogen and oxygen atoms in total. The van der Waals surface area contributed by atoms with Crippen molar-refractivity contribution < 1.29 is 0 Å². The number of aryl methyl sites for hydroxylation is 2. The largest absolute Gasteiger partial charge is 0.309 e. The zero-order valence-corrected chi connectivity index (χ0v) is 19.4. The van der Waals surface area contributed by atoms with Gasteiger partial charge in [-0.2, -0.15) is 0 Å². The van der Waals surface area contributed by atoms with E-state index in [1.807, 2.05) is 12.3 Å². The van der Waals surface area contributed by atoms with E-state index in [-0.39, 0.29) is 5.56 Å². The number of fused-ring (bicyclic) bond motifs is 1. The Morgan fingerprint density at radius 3 is 2.80 bits per heavy atom. The van der Waals surface area contributed by atoms with E-state index in [0.717, 1.165) is 26.3 Å². The van der Waals surface area contributed by atoms with Crippen molar-refractivity contribution in [2.24, 2.45) is 0 Å². The maximum absolute atomic E-state index is 12.9. The summed E-state index contributed by atoms with van der Waals surface area (Å²) < 4.78 is 2.28. The van der Waals surface area contributed by atoms with Crippen LogP contribution >= 0.6 is 34.4 Å². The van der Waals surface area contributed by atoms with Gasteiger partial charge in [0.15, 0.2) is 5.16 Å². The molecule has 0 saturated heterocycles. The molecular formula is C21H23N5OS3. The predicted octanol–water partition coefficient (Wildman–Crippen LogP) is 5.72. The van der Waals surface area contributed by atoms with Crippen molar-refractivity contribution in [1.82, 2.24) is 24.7 Å². The third-order valence-electron chi connectivity index (χ3n) is 5.61. The lowest BCUT2D eigenvalue weighted by molar-refractivity contribution is 0.332. The topological polar surface area (TPSA) is 76.5 Å². The predicted molar refractivity (Wildman–Crippen MR) is 125 cm³/mol. The molecule has 0 aromatic carbocycles. The third kappa shape index (κ3) is 3.74. The molecule has 4 aromatic heterocycles. The maximum atomic E-state index is 12.9. The number of H-pyrrole nitrogens is 1. The number of hydrogen-bond acceptors (Lipinski definition) is 7. The van der Waals surface area contributed by atoms with E-state index < -0.39 is 0 Å². The second-order valence-corrected chi connectivity index (χ2v) is 10.8. The highest BCUT2D eigenvalue weighted by Gasteiger charge is 2.22. The standard InChI is InChI=1S/C21H23N5OS3/c1-12-8-9-16(30-12)15-10-28-20-18(15)19(27)22-17(23-20)11-29-21-25-24-13(2)26(21)14-6-4-3-5-7-14/h8-10,14H,3-7,11H2,1-2H3,(H,22,23,27). The summed E-state index contributed by atoms with van der Waals surface area (Å²) in [5, 5.41) is 12.4. The average Bonchev–Trinajstić information content (AvgIpc) is 3.45. The van der Waals surface area contributed by atoms with E-state index in [9.17, 15) is 4.79 Å². The van der Waals surface area contributed by atoms with E-state index in [1.165, 1.54) is 48.3 Å². The molecule has 0 spiro atoms. The summed E-state index contributed by atoms with van der Waals surface area (Å²) in [6, 6.07) is 4.64. The van der Waals surface area contributed by atoms with Crippen LogP contribution in [-0.4, -0.2) is 24.7 Å². The molecule has 1 aliphatic carbocycles. The average molecular weight is 458 g/mol. The van der Waals surface area contributed by atoms with Gasteiger partial charge in [0.05, 0.1) is 11.1 Å². The molecule has 156 valence electrons. The second kappa shape index (κ2) is 8.28. The number of aromatic amines is 1. The highest BCUT2D eigenvalue weighted by molar-refractivity contribution is 7.98. The molecular weight excluding hydrogens is 434 g/mol. The minimum absolute atomic E-state index is 0.0668. The van der Waals surface area contributed by atoms with E-state index in [0.29, 0.717) is 23.0 Å². The second-order valence-electron chi connectivity index (χ2n) is 7.73. The van der Waals surface area contributed by atoms with Crippen LogP contribution in [0.5, 0.6) is 0 Å². The van der Waals surface area contributed by atoms with E-state index in [1.54, 1.807) is 23.1 Å². The lowest BCUT2D eigenvalue weighted by atomic mass is 9.95. The van der Waals surface area contributed by atoms with Crippen LogP contribution in [0.15, 0.2) is 27.5 Å². The lowest BCUT2D eigenvalue weighted by Gasteiger charge is -2.24. The van der Waals surface area contributed by atoms with Gasteiger partial charge in [-0.15, -0.1) is 32.9 Å². The Balaban J connectivity index is 1.40. The Labute approximate surface area is 186 Å². The van der Waals surface area contributed by atoms with Crippen LogP contribution in [0.2, 0.25) is 0 Å². The molecule has 9 heteroatoms. The first-order chi connectivity index (χ1) is 14.6. The summed E-state index contributed by atoms with van der Waals surface area (Å²) in [4.78, 5) is 23.7. The number of nitrogens with zero attached hydrogens (tertiary/aromatic N) is 4. The highest BCUT2D eigenvalue weighted by atomic mass is 32.2. The zero-order chi connectivity index (χ0) is 20.7. The van der Waals surface area contributed by atoms with Crippen molar-refractivity contribution >= 4 is 44.7 Å². The van der Waals surface area contributed by atoms with Crippen molar-refractivity contribution in [3.05, 3.63) is 44.4 Å². The van der Waals surface area contributed by atoms with E-state index in [2.05, 4.69) is 38.8 Å². The van der Waals surface area contributed by atoms with Crippen molar-refractivity contribution in [3.63, 3.8) is 0 Å². The van der Waals surface area contributed by atoms with Crippen molar-refractivity contribution in [3.8, 4) is 10.4 Å². The molecule has 0 aliphatic heterocycles. The number of thiophene rings is 2. The van der Waals surface area contributed by atoms with Gasteiger partial charge >= 0.3 is 0 Å². The zero-order valence-electron chi connectivity index (χ0n) is 17.0. The minimum Gasteiger partial charge on any atom is -0.309 e. The number of rotatable bonds is 5. The van der Waals surface area contributed by atoms with Crippen LogP contribution in [0.3, 0.4) is 0 Å². The van der Waals surface area contributed by atoms with Crippen molar-refractivity contribution in [2.75, 3.05) is 0 Å². The summed E-state index contributed by atoms with van der Waals surface area (Å²) in [6.07, 6.45) is 6.23. The maximum Gasteiger partial charge on any atom is 0.260 e. The van der Waals surface area contributed by atoms with Gasteiger partial charge in [-0.1, -0.05) is 31.0 Å². The summed E-state index contributed by atoms with van der Waals surface area (Å²) in [7, 11) is 0. The van der Waals surface area contributed by atoms with Gasteiger partial charge in [0.1, 0.15) is 16.5 Å². The number of hydrogen-bond donors (Lipinski definition) is 1. The Hall–Kier alpha value is -1.97. The first kappa shape index (κ1) is 20.0. The molecule has 0 amide bonds. The molecule has 1 aliphatic rings. The van der Waals surface area contributed by atoms with Gasteiger partial charge < -0.3 is 9.55 Å². The van der Waals surface area contributed by atoms with Crippen LogP contribution in [0, 0.1) is 13.8 Å². The van der Waals surface area contributed by atoms with Crippen molar-refractivity contribution in [2.45, 2.75) is 62.9 Å². The summed E-state index contributed by atoms with van der Waals surface area (Å²) in [6.45, 7) is 4.10. The van der Waals surface area contributed by atoms with Gasteiger partial charge in [-0.3, -0.25) is 4.79 Å². The fraction of sp³-hybridized carbons (Fsp3) is 0.429. The molecule has 30 heavy (non-hydrogen) atoms. The van der Waals surface area contributed by atoms with Gasteiger partial charge in [0, 0.05) is 26.7 Å². The molecule has 4 heterocycles. The summed E-state index contributed by atoms with van der Waals surface area (Å²) in [5.74, 6) is 2.22. The fourth-order valence-corrected chi connectivity index (χ4v) is 7.01. The molecule has 1 saturated carbocycles. The lowest BCUT2D eigenvalue weighted by Crippen LogP contribution is -2.15. The molecule has 1 N–H and O–H groups in total. The Morgan fingerprint density at radius 2 is 2.03 bits per heavy atom. The van der Waals surface area contributed by atoms with E-state index >= 15 is 0 Å². The third-order valence-corrected chi connectivity index (χ3v) is 8.47. The first-order valence-electron chi connectivity index (χ1n) is 10.2. The van der Waals surface area contributed by atoms with Gasteiger partial charge in [-0.05, 0) is 38.8 Å². The van der Waals surface area contributed by atoms with Gasteiger partial charge in [0.25, 0.3) is 5.56 Å². The fourth-order valence-electron chi connectivity index (χ4n) is 4.16. The molecule has 5 rings (SSSR count). The monoisotopic (exact) mass is 457 g/mol. The molecule has 0 bridgehead atoms. The van der Waals surface area contributed by atoms with Gasteiger partial charge in [0.2, 0.25) is 0 Å². The summed E-state index contributed by atoms with van der Waals surface area (Å²) >= 11 is 4.84. The summed E-state index contributed by atoms with van der Waals surface area (Å²) in [5.41, 5.74) is 0.913. The molecule has 0 atom stereocenters. The molecule has 0 unspecified atom stereocenters. The normalized spacial score (nSPS) is 15.3. The van der Waals surface area contributed by atoms with Crippen LogP contribution in [0.1, 0.15) is 54.7 Å². The van der Waals surface area contributed by atoms with Crippen molar-refractivity contribution in [1.29, 1.82) is 0 Å². The molecule has 0 radical (unpaired) electrons. The highest BCUT2D eigenvalue weighted by Crippen LogP contribution is 2.36. The van der Waals surface area contributed by atoms with Crippen LogP contribution in [0.4, 0.5) is 0 Å². The smallest absolute Gasteiger partial charge is 0.260 e. The molecule has 4 aromatic rings. The minimum atomic E-state index is -0.0668.